The summed E-state index contributed by atoms with van der Waals surface area (Å²) in [4.78, 5) is 5.56. The average molecular weight is 299 g/mol. The second-order valence-corrected chi connectivity index (χ2v) is 5.70. The highest BCUT2D eigenvalue weighted by molar-refractivity contribution is 6.01. The zero-order chi connectivity index (χ0) is 16.4. The first-order chi connectivity index (χ1) is 10.6. The molecule has 1 atom stereocenters. The van der Waals surface area contributed by atoms with E-state index in [9.17, 15) is 0 Å². The van der Waals surface area contributed by atoms with Crippen LogP contribution < -0.4 is 0 Å². The van der Waals surface area contributed by atoms with Crippen LogP contribution in [0, 0.1) is 5.92 Å². The van der Waals surface area contributed by atoms with Gasteiger partial charge in [0.15, 0.2) is 0 Å². The summed E-state index contributed by atoms with van der Waals surface area (Å²) < 4.78 is 0. The van der Waals surface area contributed by atoms with Crippen LogP contribution in [0.2, 0.25) is 0 Å². The molecule has 2 heteroatoms. The van der Waals surface area contributed by atoms with Crippen LogP contribution in [0.4, 0.5) is 0 Å². The highest BCUT2D eigenvalue weighted by atomic mass is 16.6. The van der Waals surface area contributed by atoms with Crippen LogP contribution in [0.1, 0.15) is 64.0 Å². The largest absolute Gasteiger partial charge is 0.362 e. The van der Waals surface area contributed by atoms with Crippen molar-refractivity contribution in [3.63, 3.8) is 0 Å². The van der Waals surface area contributed by atoms with Crippen molar-refractivity contribution in [2.24, 2.45) is 11.1 Å². The molecule has 0 radical (unpaired) electrons. The van der Waals surface area contributed by atoms with E-state index in [4.69, 9.17) is 4.84 Å². The Morgan fingerprint density at radius 1 is 1.23 bits per heavy atom. The first-order valence-corrected chi connectivity index (χ1v) is 8.27. The number of hydrogen-bond donors (Lipinski definition) is 0. The normalized spacial score (nSPS) is 12.8. The summed E-state index contributed by atoms with van der Waals surface area (Å²) >= 11 is 0. The summed E-state index contributed by atoms with van der Waals surface area (Å²) in [6, 6.07) is 8.25. The second-order valence-electron chi connectivity index (χ2n) is 5.70. The molecule has 2 nitrogen and oxygen atoms in total. The van der Waals surface area contributed by atoms with E-state index >= 15 is 0 Å². The van der Waals surface area contributed by atoms with E-state index in [2.05, 4.69) is 63.4 Å². The van der Waals surface area contributed by atoms with Gasteiger partial charge in [-0.1, -0.05) is 82.3 Å². The van der Waals surface area contributed by atoms with Crippen LogP contribution in [-0.4, -0.2) is 5.71 Å². The molecule has 0 spiro atoms. The number of oxime groups is 1. The third kappa shape index (κ3) is 5.88. The van der Waals surface area contributed by atoms with Crippen molar-refractivity contribution in [3.05, 3.63) is 54.3 Å². The van der Waals surface area contributed by atoms with E-state index in [0.29, 0.717) is 5.92 Å². The van der Waals surface area contributed by atoms with Gasteiger partial charge in [0.05, 0.1) is 5.71 Å². The Morgan fingerprint density at radius 3 is 2.45 bits per heavy atom. The standard InChI is InChI=1S/C20H29NO/c1-6-9-10-11-17(5)22-21-20(16(4)7-2)19-14-12-18(8-3)13-15-19/h8,12-16H,3,5-7,9-11H2,1-2,4H3/b21-20+. The number of hydrogen-bond acceptors (Lipinski definition) is 2. The van der Waals surface area contributed by atoms with Gasteiger partial charge in [0.2, 0.25) is 0 Å². The lowest BCUT2D eigenvalue weighted by molar-refractivity contribution is 0.214. The van der Waals surface area contributed by atoms with E-state index in [1.807, 2.05) is 6.08 Å². The molecule has 120 valence electrons. The quantitative estimate of drug-likeness (QED) is 0.218. The highest BCUT2D eigenvalue weighted by Gasteiger charge is 2.12. The zero-order valence-corrected chi connectivity index (χ0v) is 14.3. The van der Waals surface area contributed by atoms with Crippen LogP contribution in [0.25, 0.3) is 6.08 Å². The molecule has 0 amide bonds. The fraction of sp³-hybridized carbons (Fsp3) is 0.450. The lowest BCUT2D eigenvalue weighted by Crippen LogP contribution is -2.12. The van der Waals surface area contributed by atoms with Gasteiger partial charge in [-0.15, -0.1) is 0 Å². The zero-order valence-electron chi connectivity index (χ0n) is 14.3. The van der Waals surface area contributed by atoms with Crippen LogP contribution in [0.5, 0.6) is 0 Å². The van der Waals surface area contributed by atoms with E-state index in [0.717, 1.165) is 41.9 Å². The number of unbranched alkanes of at least 4 members (excludes halogenated alkanes) is 2. The second kappa shape index (κ2) is 9.99. The van der Waals surface area contributed by atoms with Gasteiger partial charge < -0.3 is 4.84 Å². The minimum absolute atomic E-state index is 0.345. The van der Waals surface area contributed by atoms with E-state index < -0.39 is 0 Å². The molecule has 1 aromatic rings. The molecule has 0 saturated carbocycles. The number of rotatable bonds is 10. The van der Waals surface area contributed by atoms with Crippen LogP contribution in [0.15, 0.2) is 48.3 Å². The summed E-state index contributed by atoms with van der Waals surface area (Å²) in [5.74, 6) is 1.09. The Labute approximate surface area is 135 Å². The SMILES string of the molecule is C=Cc1ccc(/C(=N/OC(=C)CCCCC)C(C)CC)cc1. The van der Waals surface area contributed by atoms with Gasteiger partial charge in [0.1, 0.15) is 5.76 Å². The molecule has 1 aromatic carbocycles. The Morgan fingerprint density at radius 2 is 1.91 bits per heavy atom. The van der Waals surface area contributed by atoms with Crippen molar-refractivity contribution in [2.75, 3.05) is 0 Å². The topological polar surface area (TPSA) is 21.6 Å². The average Bonchev–Trinajstić information content (AvgIpc) is 2.55. The maximum absolute atomic E-state index is 5.56. The number of allylic oxidation sites excluding steroid dienone is 1. The van der Waals surface area contributed by atoms with Gasteiger partial charge in [0, 0.05) is 12.3 Å². The molecular weight excluding hydrogens is 270 g/mol. The van der Waals surface area contributed by atoms with Crippen molar-refractivity contribution in [1.29, 1.82) is 0 Å². The highest BCUT2D eigenvalue weighted by Crippen LogP contribution is 2.17. The van der Waals surface area contributed by atoms with Crippen molar-refractivity contribution in [1.82, 2.24) is 0 Å². The van der Waals surface area contributed by atoms with E-state index in [1.165, 1.54) is 12.8 Å². The predicted molar refractivity (Wildman–Crippen MR) is 96.9 cm³/mol. The molecule has 0 aliphatic heterocycles. The molecule has 1 unspecified atom stereocenters. The van der Waals surface area contributed by atoms with Crippen molar-refractivity contribution >= 4 is 11.8 Å². The third-order valence-corrected chi connectivity index (χ3v) is 3.85. The summed E-state index contributed by atoms with van der Waals surface area (Å²) in [5, 5.41) is 4.39. The molecule has 0 aromatic heterocycles. The summed E-state index contributed by atoms with van der Waals surface area (Å²) in [6.07, 6.45) is 7.25. The maximum atomic E-state index is 5.56. The number of benzene rings is 1. The molecule has 1 rings (SSSR count). The van der Waals surface area contributed by atoms with Crippen LogP contribution in [0.3, 0.4) is 0 Å². The maximum Gasteiger partial charge on any atom is 0.127 e. The van der Waals surface area contributed by atoms with Gasteiger partial charge in [-0.2, -0.15) is 0 Å². The Kier molecular flexibility index (Phi) is 8.27. The summed E-state index contributed by atoms with van der Waals surface area (Å²) in [7, 11) is 0. The van der Waals surface area contributed by atoms with Gasteiger partial charge in [0.25, 0.3) is 0 Å². The molecule has 0 aliphatic rings. The van der Waals surface area contributed by atoms with E-state index in [1.54, 1.807) is 0 Å². The minimum atomic E-state index is 0.345. The molecule has 0 aliphatic carbocycles. The molecule has 0 fully saturated rings. The van der Waals surface area contributed by atoms with E-state index in [-0.39, 0.29) is 0 Å². The fourth-order valence-electron chi connectivity index (χ4n) is 2.14. The number of nitrogens with zero attached hydrogens (tertiary/aromatic N) is 1. The van der Waals surface area contributed by atoms with Crippen molar-refractivity contribution in [2.45, 2.75) is 52.9 Å². The first kappa shape index (κ1) is 18.2. The Hall–Kier alpha value is -1.83. The fourth-order valence-corrected chi connectivity index (χ4v) is 2.14. The van der Waals surface area contributed by atoms with Crippen LogP contribution in [-0.2, 0) is 4.84 Å². The predicted octanol–water partition coefficient (Wildman–Crippen LogP) is 6.19. The minimum Gasteiger partial charge on any atom is -0.362 e. The first-order valence-electron chi connectivity index (χ1n) is 8.27. The Balaban J connectivity index is 2.80. The smallest absolute Gasteiger partial charge is 0.127 e. The molecule has 0 heterocycles. The van der Waals surface area contributed by atoms with Gasteiger partial charge in [-0.25, -0.2) is 0 Å². The monoisotopic (exact) mass is 299 g/mol. The molecular formula is C20H29NO. The molecule has 0 N–H and O–H groups in total. The van der Waals surface area contributed by atoms with Gasteiger partial charge >= 0.3 is 0 Å². The molecule has 0 saturated heterocycles. The molecule has 22 heavy (non-hydrogen) atoms. The third-order valence-electron chi connectivity index (χ3n) is 3.85. The van der Waals surface area contributed by atoms with Gasteiger partial charge in [-0.05, 0) is 24.0 Å². The Bertz CT molecular complexity index is 499. The lowest BCUT2D eigenvalue weighted by atomic mass is 9.95. The van der Waals surface area contributed by atoms with Crippen molar-refractivity contribution < 1.29 is 4.84 Å². The molecule has 0 bridgehead atoms. The van der Waals surface area contributed by atoms with Gasteiger partial charge in [-0.3, -0.25) is 0 Å². The summed E-state index contributed by atoms with van der Waals surface area (Å²) in [6.45, 7) is 14.3. The summed E-state index contributed by atoms with van der Waals surface area (Å²) in [5.41, 5.74) is 3.19. The lowest BCUT2D eigenvalue weighted by Gasteiger charge is -2.13. The van der Waals surface area contributed by atoms with Crippen LogP contribution >= 0.6 is 0 Å². The van der Waals surface area contributed by atoms with Crippen molar-refractivity contribution in [3.8, 4) is 0 Å².